The summed E-state index contributed by atoms with van der Waals surface area (Å²) in [6.45, 7) is 2.09. The molecule has 176 valence electrons. The lowest BCUT2D eigenvalue weighted by atomic mass is 9.94. The molecule has 8 heteroatoms. The molecule has 2 heterocycles. The standard InChI is InChI=1S/C27H22N2O6/c1-16-13-20-14-19(9-12-22(20)35-16)25(30)23-24(18-7-10-21(11-8-18)29(33)34)28(27(32)26(23)31)15-17-5-3-2-4-6-17/h2-12,14,16,24,30H,13,15H2,1H3. The van der Waals surface area contributed by atoms with Crippen LogP contribution in [-0.2, 0) is 22.6 Å². The number of likely N-dealkylation sites (tertiary alicyclic amines) is 1. The van der Waals surface area contributed by atoms with Gasteiger partial charge in [0.1, 0.15) is 17.6 Å². The Bertz CT molecular complexity index is 1360. The van der Waals surface area contributed by atoms with E-state index in [0.29, 0.717) is 17.5 Å². The van der Waals surface area contributed by atoms with E-state index in [1.54, 1.807) is 18.2 Å². The van der Waals surface area contributed by atoms with E-state index in [0.717, 1.165) is 16.9 Å². The summed E-state index contributed by atoms with van der Waals surface area (Å²) < 4.78 is 5.73. The smallest absolute Gasteiger partial charge is 0.295 e. The molecule has 0 aliphatic carbocycles. The number of ether oxygens (including phenoxy) is 1. The highest BCUT2D eigenvalue weighted by molar-refractivity contribution is 6.46. The number of aliphatic hydroxyl groups excluding tert-OH is 1. The van der Waals surface area contributed by atoms with Crippen LogP contribution in [0.1, 0.15) is 35.2 Å². The Hall–Kier alpha value is -4.46. The van der Waals surface area contributed by atoms with Crippen molar-refractivity contribution in [1.82, 2.24) is 4.90 Å². The van der Waals surface area contributed by atoms with Crippen molar-refractivity contribution in [3.8, 4) is 5.75 Å². The second-order valence-electron chi connectivity index (χ2n) is 8.72. The SMILES string of the molecule is CC1Cc2cc(C(O)=C3C(=O)C(=O)N(Cc4ccccc4)C3c3ccc([N+](=O)[O-])cc3)ccc2O1. The molecule has 1 N–H and O–H groups in total. The highest BCUT2D eigenvalue weighted by Gasteiger charge is 2.46. The Labute approximate surface area is 201 Å². The number of Topliss-reactive ketones (excluding diaryl/α,β-unsaturated/α-hetero) is 1. The highest BCUT2D eigenvalue weighted by atomic mass is 16.6. The maximum absolute atomic E-state index is 13.2. The van der Waals surface area contributed by atoms with E-state index < -0.39 is 22.7 Å². The topological polar surface area (TPSA) is 110 Å². The van der Waals surface area contributed by atoms with Crippen LogP contribution in [0.2, 0.25) is 0 Å². The number of hydrogen-bond acceptors (Lipinski definition) is 6. The highest BCUT2D eigenvalue weighted by Crippen LogP contribution is 2.41. The van der Waals surface area contributed by atoms with Crippen LogP contribution in [0.3, 0.4) is 0 Å². The van der Waals surface area contributed by atoms with Crippen molar-refractivity contribution >= 4 is 23.1 Å². The zero-order valence-electron chi connectivity index (χ0n) is 18.9. The summed E-state index contributed by atoms with van der Waals surface area (Å²) in [5, 5.41) is 22.4. The van der Waals surface area contributed by atoms with Crippen LogP contribution in [0.15, 0.2) is 78.4 Å². The normalized spacial score (nSPS) is 20.5. The number of nitro benzene ring substituents is 1. The molecule has 0 radical (unpaired) electrons. The monoisotopic (exact) mass is 470 g/mol. The second-order valence-corrected chi connectivity index (χ2v) is 8.72. The Balaban J connectivity index is 1.63. The van der Waals surface area contributed by atoms with Gasteiger partial charge in [-0.1, -0.05) is 30.3 Å². The molecule has 5 rings (SSSR count). The third-order valence-corrected chi connectivity index (χ3v) is 6.32. The van der Waals surface area contributed by atoms with Crippen molar-refractivity contribution in [2.45, 2.75) is 32.0 Å². The van der Waals surface area contributed by atoms with Crippen LogP contribution in [0.4, 0.5) is 5.69 Å². The molecule has 1 saturated heterocycles. The van der Waals surface area contributed by atoms with E-state index in [4.69, 9.17) is 4.74 Å². The third kappa shape index (κ3) is 4.03. The largest absolute Gasteiger partial charge is 0.507 e. The minimum Gasteiger partial charge on any atom is -0.507 e. The van der Waals surface area contributed by atoms with Gasteiger partial charge in [0.25, 0.3) is 17.4 Å². The molecule has 0 saturated carbocycles. The van der Waals surface area contributed by atoms with Crippen LogP contribution in [-0.4, -0.2) is 32.7 Å². The second kappa shape index (κ2) is 8.72. The van der Waals surface area contributed by atoms with Crippen LogP contribution in [0.25, 0.3) is 5.76 Å². The van der Waals surface area contributed by atoms with Crippen molar-refractivity contribution in [3.05, 3.63) is 111 Å². The number of fused-ring (bicyclic) bond motifs is 1. The maximum atomic E-state index is 13.2. The maximum Gasteiger partial charge on any atom is 0.295 e. The van der Waals surface area contributed by atoms with Gasteiger partial charge in [-0.05, 0) is 53.9 Å². The van der Waals surface area contributed by atoms with Crippen molar-refractivity contribution in [2.75, 3.05) is 0 Å². The quantitative estimate of drug-likeness (QED) is 0.193. The van der Waals surface area contributed by atoms with Crippen LogP contribution >= 0.6 is 0 Å². The lowest BCUT2D eigenvalue weighted by Crippen LogP contribution is -2.29. The van der Waals surface area contributed by atoms with Gasteiger partial charge in [0.2, 0.25) is 0 Å². The molecule has 0 spiro atoms. The van der Waals surface area contributed by atoms with Gasteiger partial charge in [0, 0.05) is 30.7 Å². The molecule has 2 atom stereocenters. The predicted octanol–water partition coefficient (Wildman–Crippen LogP) is 4.54. The lowest BCUT2D eigenvalue weighted by Gasteiger charge is -2.25. The fourth-order valence-corrected chi connectivity index (χ4v) is 4.67. The fourth-order valence-electron chi connectivity index (χ4n) is 4.67. The summed E-state index contributed by atoms with van der Waals surface area (Å²) >= 11 is 0. The molecule has 3 aromatic rings. The molecular formula is C27H22N2O6. The molecule has 1 amide bonds. The average Bonchev–Trinajstić information content (AvgIpc) is 3.35. The van der Waals surface area contributed by atoms with Gasteiger partial charge in [0.05, 0.1) is 16.5 Å². The summed E-state index contributed by atoms with van der Waals surface area (Å²) in [7, 11) is 0. The van der Waals surface area contributed by atoms with Crippen molar-refractivity contribution in [3.63, 3.8) is 0 Å². The van der Waals surface area contributed by atoms with Crippen LogP contribution in [0, 0.1) is 10.1 Å². The van der Waals surface area contributed by atoms with Crippen LogP contribution < -0.4 is 4.74 Å². The van der Waals surface area contributed by atoms with Gasteiger partial charge >= 0.3 is 0 Å². The summed E-state index contributed by atoms with van der Waals surface area (Å²) in [5.74, 6) is -1.10. The molecule has 3 aromatic carbocycles. The number of nitrogens with zero attached hydrogens (tertiary/aromatic N) is 2. The third-order valence-electron chi connectivity index (χ3n) is 6.32. The van der Waals surface area contributed by atoms with Gasteiger partial charge in [-0.2, -0.15) is 0 Å². The summed E-state index contributed by atoms with van der Waals surface area (Å²) in [6.07, 6.45) is 0.684. The van der Waals surface area contributed by atoms with E-state index in [1.165, 1.54) is 29.2 Å². The number of nitro groups is 1. The van der Waals surface area contributed by atoms with E-state index in [-0.39, 0.29) is 29.7 Å². The summed E-state index contributed by atoms with van der Waals surface area (Å²) in [6, 6.07) is 19.1. The Morgan fingerprint density at radius 1 is 1.09 bits per heavy atom. The Morgan fingerprint density at radius 2 is 1.80 bits per heavy atom. The molecule has 2 aliphatic rings. The minimum absolute atomic E-state index is 0.0129. The van der Waals surface area contributed by atoms with Crippen molar-refractivity contribution in [1.29, 1.82) is 0 Å². The first-order chi connectivity index (χ1) is 16.8. The summed E-state index contributed by atoms with van der Waals surface area (Å²) in [5.41, 5.74) is 2.46. The number of non-ortho nitro benzene ring substituents is 1. The molecule has 1 fully saturated rings. The van der Waals surface area contributed by atoms with E-state index >= 15 is 0 Å². The number of carbonyl (C=O) groups is 2. The van der Waals surface area contributed by atoms with Gasteiger partial charge in [0.15, 0.2) is 0 Å². The molecule has 0 bridgehead atoms. The van der Waals surface area contributed by atoms with Gasteiger partial charge in [-0.3, -0.25) is 19.7 Å². The molecular weight excluding hydrogens is 448 g/mol. The number of carbonyl (C=O) groups excluding carboxylic acids is 2. The van der Waals surface area contributed by atoms with Gasteiger partial charge < -0.3 is 14.7 Å². The van der Waals surface area contributed by atoms with E-state index in [1.807, 2.05) is 37.3 Å². The molecule has 2 unspecified atom stereocenters. The average molecular weight is 470 g/mol. The first kappa shape index (κ1) is 22.3. The number of benzene rings is 3. The van der Waals surface area contributed by atoms with Crippen molar-refractivity contribution < 1.29 is 24.4 Å². The number of rotatable bonds is 5. The number of ketones is 1. The van der Waals surface area contributed by atoms with E-state index in [9.17, 15) is 24.8 Å². The lowest BCUT2D eigenvalue weighted by molar-refractivity contribution is -0.384. The molecule has 8 nitrogen and oxygen atoms in total. The molecule has 0 aromatic heterocycles. The summed E-state index contributed by atoms with van der Waals surface area (Å²) in [4.78, 5) is 38.4. The fraction of sp³-hybridized carbons (Fsp3) is 0.185. The number of amides is 1. The van der Waals surface area contributed by atoms with Gasteiger partial charge in [-0.25, -0.2) is 0 Å². The first-order valence-corrected chi connectivity index (χ1v) is 11.2. The Kier molecular flexibility index (Phi) is 5.56. The zero-order chi connectivity index (χ0) is 24.7. The van der Waals surface area contributed by atoms with Crippen molar-refractivity contribution in [2.24, 2.45) is 0 Å². The van der Waals surface area contributed by atoms with Gasteiger partial charge in [-0.15, -0.1) is 0 Å². The first-order valence-electron chi connectivity index (χ1n) is 11.2. The van der Waals surface area contributed by atoms with E-state index in [2.05, 4.69) is 0 Å². The predicted molar refractivity (Wildman–Crippen MR) is 128 cm³/mol. The molecule has 35 heavy (non-hydrogen) atoms. The number of aliphatic hydroxyl groups is 1. The minimum atomic E-state index is -0.903. The van der Waals surface area contributed by atoms with Crippen LogP contribution in [0.5, 0.6) is 5.75 Å². The number of hydrogen-bond donors (Lipinski definition) is 1. The Morgan fingerprint density at radius 3 is 2.49 bits per heavy atom. The molecule has 2 aliphatic heterocycles. The zero-order valence-corrected chi connectivity index (χ0v) is 18.9.